The Morgan fingerprint density at radius 3 is 2.44 bits per heavy atom. The van der Waals surface area contributed by atoms with Crippen LogP contribution in [-0.2, 0) is 6.61 Å². The van der Waals surface area contributed by atoms with Gasteiger partial charge in [-0.2, -0.15) is 0 Å². The Kier molecular flexibility index (Phi) is 4.67. The lowest BCUT2D eigenvalue weighted by Gasteiger charge is -2.09. The van der Waals surface area contributed by atoms with Gasteiger partial charge in [0.15, 0.2) is 0 Å². The summed E-state index contributed by atoms with van der Waals surface area (Å²) < 4.78 is 7.33. The van der Waals surface area contributed by atoms with Crippen LogP contribution in [0.1, 0.15) is 5.56 Å². The van der Waals surface area contributed by atoms with E-state index in [9.17, 15) is 0 Å². The smallest absolute Gasteiger partial charge is 0.141 e. The minimum absolute atomic E-state index is 0.00843. The van der Waals surface area contributed by atoms with Gasteiger partial charge in [0.2, 0.25) is 0 Å². The molecule has 0 aliphatic carbocycles. The number of hydrogen-bond acceptors (Lipinski definition) is 2. The molecule has 2 aromatic rings. The molecular formula is C13H9Br2ClO2. The van der Waals surface area contributed by atoms with E-state index in [0.29, 0.717) is 16.5 Å². The van der Waals surface area contributed by atoms with E-state index in [-0.39, 0.29) is 6.61 Å². The van der Waals surface area contributed by atoms with Crippen molar-refractivity contribution in [3.8, 4) is 11.5 Å². The Hall–Kier alpha value is -0.550. The second kappa shape index (κ2) is 6.06. The highest BCUT2D eigenvalue weighted by Crippen LogP contribution is 2.33. The predicted octanol–water partition coefficient (Wildman–Crippen LogP) is 5.15. The molecule has 0 bridgehead atoms. The summed E-state index contributed by atoms with van der Waals surface area (Å²) >= 11 is 12.6. The molecule has 0 spiro atoms. The lowest BCUT2D eigenvalue weighted by Crippen LogP contribution is -1.89. The molecule has 0 saturated heterocycles. The van der Waals surface area contributed by atoms with Crippen molar-refractivity contribution in [1.29, 1.82) is 0 Å². The highest BCUT2D eigenvalue weighted by atomic mass is 79.9. The first kappa shape index (κ1) is 13.9. The standard InChI is InChI=1S/C13H9Br2ClO2/c14-11-6-10(3-1-8(11)7-17)18-13-4-2-9(16)5-12(13)15/h1-6,17H,7H2. The van der Waals surface area contributed by atoms with E-state index < -0.39 is 0 Å². The summed E-state index contributed by atoms with van der Waals surface area (Å²) in [4.78, 5) is 0. The van der Waals surface area contributed by atoms with Crippen molar-refractivity contribution in [3.63, 3.8) is 0 Å². The molecule has 0 saturated carbocycles. The largest absolute Gasteiger partial charge is 0.456 e. The number of ether oxygens (including phenoxy) is 1. The molecule has 0 aliphatic rings. The molecule has 0 radical (unpaired) electrons. The van der Waals surface area contributed by atoms with Crippen LogP contribution in [0.15, 0.2) is 45.3 Å². The first-order valence-corrected chi connectivity index (χ1v) is 7.09. The number of aliphatic hydroxyl groups is 1. The van der Waals surface area contributed by atoms with Gasteiger partial charge in [-0.1, -0.05) is 33.6 Å². The molecule has 2 rings (SSSR count). The molecule has 0 unspecified atom stereocenters. The van der Waals surface area contributed by atoms with Gasteiger partial charge in [0, 0.05) is 9.50 Å². The van der Waals surface area contributed by atoms with E-state index in [0.717, 1.165) is 14.5 Å². The molecule has 2 nitrogen and oxygen atoms in total. The number of benzene rings is 2. The maximum atomic E-state index is 9.08. The predicted molar refractivity (Wildman–Crippen MR) is 79.3 cm³/mol. The molecule has 0 aliphatic heterocycles. The molecule has 0 aromatic heterocycles. The molecule has 94 valence electrons. The van der Waals surface area contributed by atoms with E-state index >= 15 is 0 Å². The number of halogens is 3. The van der Waals surface area contributed by atoms with E-state index in [1.54, 1.807) is 24.3 Å². The summed E-state index contributed by atoms with van der Waals surface area (Å²) in [6, 6.07) is 10.8. The average molecular weight is 392 g/mol. The summed E-state index contributed by atoms with van der Waals surface area (Å²) in [7, 11) is 0. The number of hydrogen-bond donors (Lipinski definition) is 1. The highest BCUT2D eigenvalue weighted by Gasteiger charge is 2.06. The zero-order valence-corrected chi connectivity index (χ0v) is 13.1. The van der Waals surface area contributed by atoms with E-state index in [1.165, 1.54) is 0 Å². The fraction of sp³-hybridized carbons (Fsp3) is 0.0769. The maximum absolute atomic E-state index is 9.08. The van der Waals surface area contributed by atoms with Gasteiger partial charge in [-0.15, -0.1) is 0 Å². The first-order chi connectivity index (χ1) is 8.60. The molecule has 5 heteroatoms. The van der Waals surface area contributed by atoms with Crippen molar-refractivity contribution in [2.45, 2.75) is 6.61 Å². The quantitative estimate of drug-likeness (QED) is 0.783. The van der Waals surface area contributed by atoms with Crippen LogP contribution in [0.3, 0.4) is 0 Å². The lowest BCUT2D eigenvalue weighted by atomic mass is 10.2. The molecule has 0 fully saturated rings. The van der Waals surface area contributed by atoms with Gasteiger partial charge in [0.05, 0.1) is 11.1 Å². The van der Waals surface area contributed by atoms with Crippen LogP contribution < -0.4 is 4.74 Å². The zero-order chi connectivity index (χ0) is 13.1. The van der Waals surface area contributed by atoms with Crippen molar-refractivity contribution < 1.29 is 9.84 Å². The van der Waals surface area contributed by atoms with Gasteiger partial charge in [-0.25, -0.2) is 0 Å². The average Bonchev–Trinajstić information content (AvgIpc) is 2.33. The van der Waals surface area contributed by atoms with E-state index in [2.05, 4.69) is 31.9 Å². The Morgan fingerprint density at radius 1 is 1.06 bits per heavy atom. The van der Waals surface area contributed by atoms with Crippen LogP contribution in [-0.4, -0.2) is 5.11 Å². The van der Waals surface area contributed by atoms with Crippen LogP contribution in [0.5, 0.6) is 11.5 Å². The molecule has 0 heterocycles. The minimum atomic E-state index is -0.00843. The summed E-state index contributed by atoms with van der Waals surface area (Å²) in [6.45, 7) is -0.00843. The Morgan fingerprint density at radius 2 is 1.83 bits per heavy atom. The van der Waals surface area contributed by atoms with E-state index in [4.69, 9.17) is 21.4 Å². The van der Waals surface area contributed by atoms with Crippen molar-refractivity contribution in [2.75, 3.05) is 0 Å². The molecule has 0 atom stereocenters. The number of rotatable bonds is 3. The van der Waals surface area contributed by atoms with E-state index in [1.807, 2.05) is 12.1 Å². The summed E-state index contributed by atoms with van der Waals surface area (Å²) in [5.74, 6) is 1.37. The molecule has 1 N–H and O–H groups in total. The topological polar surface area (TPSA) is 29.5 Å². The molecular weight excluding hydrogens is 383 g/mol. The van der Waals surface area contributed by atoms with Crippen LogP contribution >= 0.6 is 43.5 Å². The summed E-state index contributed by atoms with van der Waals surface area (Å²) in [5, 5.41) is 9.73. The van der Waals surface area contributed by atoms with Crippen LogP contribution in [0.4, 0.5) is 0 Å². The second-order valence-corrected chi connectivity index (χ2v) is 5.73. The highest BCUT2D eigenvalue weighted by molar-refractivity contribution is 9.10. The second-order valence-electron chi connectivity index (χ2n) is 3.59. The molecule has 18 heavy (non-hydrogen) atoms. The Labute approximate surface area is 127 Å². The molecule has 0 amide bonds. The minimum Gasteiger partial charge on any atom is -0.456 e. The van der Waals surface area contributed by atoms with Gasteiger partial charge >= 0.3 is 0 Å². The van der Waals surface area contributed by atoms with Gasteiger partial charge in [-0.3, -0.25) is 0 Å². The third-order valence-corrected chi connectivity index (χ3v) is 3.91. The molecule has 2 aromatic carbocycles. The van der Waals surface area contributed by atoms with Crippen LogP contribution in [0.25, 0.3) is 0 Å². The number of aliphatic hydroxyl groups excluding tert-OH is 1. The van der Waals surface area contributed by atoms with Crippen molar-refractivity contribution >= 4 is 43.5 Å². The fourth-order valence-electron chi connectivity index (χ4n) is 1.40. The monoisotopic (exact) mass is 390 g/mol. The fourth-order valence-corrected chi connectivity index (χ4v) is 2.65. The van der Waals surface area contributed by atoms with Gasteiger partial charge in [0.1, 0.15) is 11.5 Å². The van der Waals surface area contributed by atoms with Crippen molar-refractivity contribution in [2.24, 2.45) is 0 Å². The van der Waals surface area contributed by atoms with Gasteiger partial charge < -0.3 is 9.84 Å². The third kappa shape index (κ3) is 3.26. The Bertz CT molecular complexity index is 573. The van der Waals surface area contributed by atoms with Crippen LogP contribution in [0, 0.1) is 0 Å². The van der Waals surface area contributed by atoms with Crippen molar-refractivity contribution in [1.82, 2.24) is 0 Å². The summed E-state index contributed by atoms with van der Waals surface area (Å²) in [6.07, 6.45) is 0. The lowest BCUT2D eigenvalue weighted by molar-refractivity contribution is 0.281. The van der Waals surface area contributed by atoms with Crippen LogP contribution in [0.2, 0.25) is 5.02 Å². The van der Waals surface area contributed by atoms with Gasteiger partial charge in [-0.05, 0) is 51.8 Å². The normalized spacial score (nSPS) is 10.4. The first-order valence-electron chi connectivity index (χ1n) is 5.12. The van der Waals surface area contributed by atoms with Gasteiger partial charge in [0.25, 0.3) is 0 Å². The SMILES string of the molecule is OCc1ccc(Oc2ccc(Cl)cc2Br)cc1Br. The zero-order valence-electron chi connectivity index (χ0n) is 9.16. The summed E-state index contributed by atoms with van der Waals surface area (Å²) in [5.41, 5.74) is 0.817. The Balaban J connectivity index is 2.26. The maximum Gasteiger partial charge on any atom is 0.141 e. The third-order valence-electron chi connectivity index (χ3n) is 2.32. The van der Waals surface area contributed by atoms with Crippen molar-refractivity contribution in [3.05, 3.63) is 55.9 Å².